The van der Waals surface area contributed by atoms with Crippen LogP contribution in [0.5, 0.6) is 0 Å². The quantitative estimate of drug-likeness (QED) is 0.792. The molecule has 5 nitrogen and oxygen atoms in total. The summed E-state index contributed by atoms with van der Waals surface area (Å²) in [5, 5.41) is 5.50. The van der Waals surface area contributed by atoms with E-state index in [1.165, 1.54) is 6.92 Å². The molecule has 20 heavy (non-hydrogen) atoms. The van der Waals surface area contributed by atoms with E-state index < -0.39 is 6.04 Å². The predicted molar refractivity (Wildman–Crippen MR) is 81.5 cm³/mol. The molecule has 4 N–H and O–H groups in total. The van der Waals surface area contributed by atoms with Crippen molar-refractivity contribution in [2.75, 3.05) is 10.6 Å². The van der Waals surface area contributed by atoms with Crippen LogP contribution < -0.4 is 16.4 Å². The molecule has 0 aromatic heterocycles. The van der Waals surface area contributed by atoms with Crippen LogP contribution in [0.3, 0.4) is 0 Å². The monoisotopic (exact) mass is 277 g/mol. The van der Waals surface area contributed by atoms with E-state index in [-0.39, 0.29) is 17.2 Å². The van der Waals surface area contributed by atoms with Gasteiger partial charge in [0.1, 0.15) is 0 Å². The molecule has 0 aliphatic carbocycles. The highest BCUT2D eigenvalue weighted by atomic mass is 16.2. The van der Waals surface area contributed by atoms with Gasteiger partial charge in [-0.1, -0.05) is 26.8 Å². The number of anilines is 2. The zero-order valence-electron chi connectivity index (χ0n) is 12.7. The summed E-state index contributed by atoms with van der Waals surface area (Å²) in [7, 11) is 0. The van der Waals surface area contributed by atoms with E-state index in [0.717, 1.165) is 5.56 Å². The Balaban J connectivity index is 2.91. The van der Waals surface area contributed by atoms with Crippen LogP contribution in [0.1, 0.15) is 33.3 Å². The third kappa shape index (κ3) is 4.35. The van der Waals surface area contributed by atoms with Crippen molar-refractivity contribution in [3.8, 4) is 0 Å². The molecule has 1 atom stereocenters. The average Bonchev–Trinajstić information content (AvgIpc) is 2.30. The summed E-state index contributed by atoms with van der Waals surface area (Å²) in [4.78, 5) is 23.2. The van der Waals surface area contributed by atoms with Crippen LogP contribution in [0.2, 0.25) is 0 Å². The van der Waals surface area contributed by atoms with Crippen molar-refractivity contribution in [1.29, 1.82) is 0 Å². The predicted octanol–water partition coefficient (Wildman–Crippen LogP) is 2.27. The molecule has 1 aromatic carbocycles. The number of amides is 2. The van der Waals surface area contributed by atoms with Gasteiger partial charge in [-0.3, -0.25) is 9.59 Å². The number of benzene rings is 1. The van der Waals surface area contributed by atoms with Crippen molar-refractivity contribution in [1.82, 2.24) is 0 Å². The number of carbonyl (C=O) groups excluding carboxylic acids is 2. The van der Waals surface area contributed by atoms with Crippen LogP contribution in [-0.4, -0.2) is 17.9 Å². The summed E-state index contributed by atoms with van der Waals surface area (Å²) in [5.41, 5.74) is 7.82. The molecule has 110 valence electrons. The van der Waals surface area contributed by atoms with Gasteiger partial charge in [-0.25, -0.2) is 0 Å². The van der Waals surface area contributed by atoms with Gasteiger partial charge in [-0.2, -0.15) is 0 Å². The van der Waals surface area contributed by atoms with Gasteiger partial charge in [0.15, 0.2) is 0 Å². The summed E-state index contributed by atoms with van der Waals surface area (Å²) >= 11 is 0. The third-order valence-electron chi connectivity index (χ3n) is 3.03. The molecule has 0 saturated heterocycles. The summed E-state index contributed by atoms with van der Waals surface area (Å²) in [5.74, 6) is -0.391. The van der Waals surface area contributed by atoms with Crippen LogP contribution in [0, 0.1) is 12.3 Å². The fourth-order valence-corrected chi connectivity index (χ4v) is 1.64. The Morgan fingerprint density at radius 3 is 2.30 bits per heavy atom. The number of hydrogen-bond donors (Lipinski definition) is 3. The maximum Gasteiger partial charge on any atom is 0.241 e. The lowest BCUT2D eigenvalue weighted by atomic mass is 9.87. The fraction of sp³-hybridized carbons (Fsp3) is 0.467. The minimum Gasteiger partial charge on any atom is -0.326 e. The van der Waals surface area contributed by atoms with Crippen molar-refractivity contribution in [3.05, 3.63) is 23.8 Å². The Kier molecular flexibility index (Phi) is 4.89. The Morgan fingerprint density at radius 1 is 1.20 bits per heavy atom. The van der Waals surface area contributed by atoms with Crippen molar-refractivity contribution in [2.45, 2.75) is 40.7 Å². The van der Waals surface area contributed by atoms with Gasteiger partial charge in [0.05, 0.1) is 6.04 Å². The molecular weight excluding hydrogens is 254 g/mol. The number of aryl methyl sites for hydroxylation is 1. The molecule has 2 amide bonds. The molecule has 0 aliphatic rings. The second-order valence-electron chi connectivity index (χ2n) is 6.04. The summed E-state index contributed by atoms with van der Waals surface area (Å²) in [6.45, 7) is 9.07. The largest absolute Gasteiger partial charge is 0.326 e. The van der Waals surface area contributed by atoms with Crippen LogP contribution in [-0.2, 0) is 9.59 Å². The molecule has 0 bridgehead atoms. The first-order chi connectivity index (χ1) is 9.11. The van der Waals surface area contributed by atoms with Crippen LogP contribution in [0.25, 0.3) is 0 Å². The highest BCUT2D eigenvalue weighted by molar-refractivity contribution is 5.97. The molecule has 0 saturated carbocycles. The van der Waals surface area contributed by atoms with E-state index in [2.05, 4.69) is 10.6 Å². The highest BCUT2D eigenvalue weighted by Gasteiger charge is 2.27. The minimum atomic E-state index is -0.605. The molecule has 1 aromatic rings. The average molecular weight is 277 g/mol. The zero-order chi connectivity index (χ0) is 15.5. The molecular formula is C15H23N3O2. The Hall–Kier alpha value is -1.88. The van der Waals surface area contributed by atoms with E-state index >= 15 is 0 Å². The summed E-state index contributed by atoms with van der Waals surface area (Å²) in [6, 6.07) is 4.75. The van der Waals surface area contributed by atoms with E-state index in [1.54, 1.807) is 12.1 Å². The third-order valence-corrected chi connectivity index (χ3v) is 3.03. The van der Waals surface area contributed by atoms with Gasteiger partial charge >= 0.3 is 0 Å². The van der Waals surface area contributed by atoms with Gasteiger partial charge in [-0.05, 0) is 30.0 Å². The van der Waals surface area contributed by atoms with E-state index in [1.807, 2.05) is 33.8 Å². The number of rotatable bonds is 3. The Bertz CT molecular complexity index is 518. The first-order valence-corrected chi connectivity index (χ1v) is 6.56. The molecule has 1 rings (SSSR count). The molecule has 0 radical (unpaired) electrons. The minimum absolute atomic E-state index is 0.155. The van der Waals surface area contributed by atoms with Gasteiger partial charge in [0, 0.05) is 18.3 Å². The normalized spacial score (nSPS) is 12.7. The van der Waals surface area contributed by atoms with Crippen molar-refractivity contribution in [3.63, 3.8) is 0 Å². The van der Waals surface area contributed by atoms with Crippen LogP contribution >= 0.6 is 0 Å². The second-order valence-corrected chi connectivity index (χ2v) is 6.04. The maximum absolute atomic E-state index is 12.1. The van der Waals surface area contributed by atoms with Crippen LogP contribution in [0.15, 0.2) is 18.2 Å². The van der Waals surface area contributed by atoms with Gasteiger partial charge in [0.25, 0.3) is 0 Å². The van der Waals surface area contributed by atoms with Crippen LogP contribution in [0.4, 0.5) is 11.4 Å². The molecule has 0 heterocycles. The molecule has 5 heteroatoms. The summed E-state index contributed by atoms with van der Waals surface area (Å²) < 4.78 is 0. The Morgan fingerprint density at radius 2 is 1.80 bits per heavy atom. The summed E-state index contributed by atoms with van der Waals surface area (Å²) in [6.07, 6.45) is 0. The SMILES string of the molecule is CC(=O)Nc1ccc(C)c(NC(=O)[C@@H](N)C(C)(C)C)c1. The number of nitrogens with two attached hydrogens (primary N) is 1. The van der Waals surface area contributed by atoms with Crippen molar-refractivity contribution >= 4 is 23.2 Å². The first kappa shape index (κ1) is 16.2. The zero-order valence-corrected chi connectivity index (χ0v) is 12.7. The molecule has 0 aliphatic heterocycles. The topological polar surface area (TPSA) is 84.2 Å². The second kappa shape index (κ2) is 6.05. The smallest absolute Gasteiger partial charge is 0.241 e. The van der Waals surface area contributed by atoms with Gasteiger partial charge < -0.3 is 16.4 Å². The molecule has 0 unspecified atom stereocenters. The molecule has 0 spiro atoms. The van der Waals surface area contributed by atoms with Crippen molar-refractivity contribution < 1.29 is 9.59 Å². The lowest BCUT2D eigenvalue weighted by Gasteiger charge is -2.26. The van der Waals surface area contributed by atoms with E-state index in [0.29, 0.717) is 11.4 Å². The van der Waals surface area contributed by atoms with Crippen molar-refractivity contribution in [2.24, 2.45) is 11.1 Å². The number of nitrogens with one attached hydrogen (secondary N) is 2. The van der Waals surface area contributed by atoms with Gasteiger partial charge in [-0.15, -0.1) is 0 Å². The fourth-order valence-electron chi connectivity index (χ4n) is 1.64. The standard InChI is InChI=1S/C15H23N3O2/c1-9-6-7-11(17-10(2)19)8-12(9)18-14(20)13(16)15(3,4)5/h6-8,13H,16H2,1-5H3,(H,17,19)(H,18,20)/t13-/m1/s1. The molecule has 0 fully saturated rings. The lowest BCUT2D eigenvalue weighted by Crippen LogP contribution is -2.45. The van der Waals surface area contributed by atoms with E-state index in [9.17, 15) is 9.59 Å². The lowest BCUT2D eigenvalue weighted by molar-refractivity contribution is -0.119. The highest BCUT2D eigenvalue weighted by Crippen LogP contribution is 2.23. The maximum atomic E-state index is 12.1. The van der Waals surface area contributed by atoms with Gasteiger partial charge in [0.2, 0.25) is 11.8 Å². The Labute approximate surface area is 119 Å². The first-order valence-electron chi connectivity index (χ1n) is 6.56. The van der Waals surface area contributed by atoms with E-state index in [4.69, 9.17) is 5.73 Å². The number of hydrogen-bond acceptors (Lipinski definition) is 3. The number of carbonyl (C=O) groups is 2.